The predicted molar refractivity (Wildman–Crippen MR) is 106 cm³/mol. The summed E-state index contributed by atoms with van der Waals surface area (Å²) >= 11 is 0. The number of fused-ring (bicyclic) bond motifs is 1. The number of alkyl halides is 1. The molecule has 6 nitrogen and oxygen atoms in total. The lowest BCUT2D eigenvalue weighted by atomic mass is 10.1. The van der Waals surface area contributed by atoms with Crippen LogP contribution in [-0.4, -0.2) is 83.5 Å². The van der Waals surface area contributed by atoms with Gasteiger partial charge in [0.2, 0.25) is 5.91 Å². The molecule has 2 aliphatic rings. The van der Waals surface area contributed by atoms with Gasteiger partial charge >= 0.3 is 0 Å². The molecule has 4 rings (SSSR count). The van der Waals surface area contributed by atoms with Crippen molar-refractivity contribution in [3.8, 4) is 0 Å². The summed E-state index contributed by atoms with van der Waals surface area (Å²) in [6, 6.07) is 2.63. The summed E-state index contributed by atoms with van der Waals surface area (Å²) in [6.07, 6.45) is -0.728. The monoisotopic (exact) mass is 404 g/mol. The molecule has 2 aliphatic heterocycles. The van der Waals surface area contributed by atoms with Gasteiger partial charge in [0, 0.05) is 50.0 Å². The number of hydrogen-bond donors (Lipinski definition) is 1. The van der Waals surface area contributed by atoms with Gasteiger partial charge in [0.15, 0.2) is 0 Å². The van der Waals surface area contributed by atoms with Crippen molar-refractivity contribution >= 4 is 22.7 Å². The summed E-state index contributed by atoms with van der Waals surface area (Å²) in [6.45, 7) is 5.51. The smallest absolute Gasteiger partial charge is 0.270 e. The maximum Gasteiger partial charge on any atom is 0.270 e. The highest BCUT2D eigenvalue weighted by Gasteiger charge is 2.38. The lowest BCUT2D eigenvalue weighted by Gasteiger charge is -2.36. The van der Waals surface area contributed by atoms with Crippen LogP contribution in [0.1, 0.15) is 28.0 Å². The number of aryl methyl sites for hydroxylation is 2. The Kier molecular flexibility index (Phi) is 5.06. The number of aromatic nitrogens is 1. The lowest BCUT2D eigenvalue weighted by molar-refractivity contribution is -0.137. The van der Waals surface area contributed by atoms with Crippen molar-refractivity contribution in [3.63, 3.8) is 0 Å². The minimum atomic E-state index is -0.963. The fourth-order valence-corrected chi connectivity index (χ4v) is 4.57. The minimum Gasteiger partial charge on any atom is -0.350 e. The molecule has 1 aromatic heterocycles. The Bertz CT molecular complexity index is 965. The van der Waals surface area contributed by atoms with Gasteiger partial charge in [-0.25, -0.2) is 8.78 Å². The molecule has 3 heterocycles. The number of likely N-dealkylation sites (N-methyl/N-ethyl adjacent to an activating group) is 1. The third kappa shape index (κ3) is 3.39. The number of carbonyl (C=O) groups is 2. The number of carbonyl (C=O) groups excluding carboxylic acids is 2. The van der Waals surface area contributed by atoms with Crippen LogP contribution in [0.3, 0.4) is 0 Å². The molecule has 0 aliphatic carbocycles. The van der Waals surface area contributed by atoms with E-state index in [1.807, 2.05) is 6.92 Å². The summed E-state index contributed by atoms with van der Waals surface area (Å²) in [4.78, 5) is 34.1. The highest BCUT2D eigenvalue weighted by Crippen LogP contribution is 2.28. The van der Waals surface area contributed by atoms with Crippen LogP contribution in [0.2, 0.25) is 0 Å². The van der Waals surface area contributed by atoms with Gasteiger partial charge in [0.1, 0.15) is 17.7 Å². The van der Waals surface area contributed by atoms with Crippen LogP contribution >= 0.6 is 0 Å². The molecular formula is C21H26F2N4O2. The topological polar surface area (TPSA) is 59.7 Å². The van der Waals surface area contributed by atoms with Crippen molar-refractivity contribution < 1.29 is 18.4 Å². The maximum absolute atomic E-state index is 13.9. The van der Waals surface area contributed by atoms with Gasteiger partial charge in [-0.15, -0.1) is 0 Å². The van der Waals surface area contributed by atoms with Crippen molar-refractivity contribution in [1.29, 1.82) is 0 Å². The molecule has 0 radical (unpaired) electrons. The molecule has 1 N–H and O–H groups in total. The van der Waals surface area contributed by atoms with Crippen molar-refractivity contribution in [1.82, 2.24) is 19.7 Å². The maximum atomic E-state index is 13.9. The van der Waals surface area contributed by atoms with Gasteiger partial charge < -0.3 is 14.8 Å². The molecule has 29 heavy (non-hydrogen) atoms. The number of halogens is 2. The first-order valence-electron chi connectivity index (χ1n) is 9.97. The predicted octanol–water partition coefficient (Wildman–Crippen LogP) is 2.25. The number of piperazine rings is 1. The van der Waals surface area contributed by atoms with E-state index in [2.05, 4.69) is 4.98 Å². The van der Waals surface area contributed by atoms with Crippen LogP contribution in [0, 0.1) is 19.7 Å². The number of hydrogen-bond acceptors (Lipinski definition) is 3. The molecule has 2 saturated heterocycles. The van der Waals surface area contributed by atoms with Gasteiger partial charge in [-0.3, -0.25) is 14.5 Å². The Balaban J connectivity index is 1.46. The van der Waals surface area contributed by atoms with E-state index in [0.29, 0.717) is 37.4 Å². The van der Waals surface area contributed by atoms with Crippen LogP contribution in [0.15, 0.2) is 12.1 Å². The molecule has 1 aromatic carbocycles. The summed E-state index contributed by atoms with van der Waals surface area (Å²) < 4.78 is 27.5. The van der Waals surface area contributed by atoms with Crippen molar-refractivity contribution in [2.24, 2.45) is 0 Å². The first-order chi connectivity index (χ1) is 13.8. The molecule has 1 unspecified atom stereocenters. The molecule has 0 spiro atoms. The van der Waals surface area contributed by atoms with Crippen LogP contribution in [0.4, 0.5) is 8.78 Å². The van der Waals surface area contributed by atoms with E-state index in [1.165, 1.54) is 6.07 Å². The quantitative estimate of drug-likeness (QED) is 0.835. The second-order valence-corrected chi connectivity index (χ2v) is 8.13. The van der Waals surface area contributed by atoms with Crippen LogP contribution in [0.25, 0.3) is 10.9 Å². The summed E-state index contributed by atoms with van der Waals surface area (Å²) in [5.74, 6) is -0.502. The van der Waals surface area contributed by atoms with Gasteiger partial charge in [-0.05, 0) is 44.2 Å². The fraction of sp³-hybridized carbons (Fsp3) is 0.524. The lowest BCUT2D eigenvalue weighted by Crippen LogP contribution is -2.54. The number of amides is 2. The molecule has 2 aromatic rings. The third-order valence-electron chi connectivity index (χ3n) is 6.28. The van der Waals surface area contributed by atoms with E-state index in [4.69, 9.17) is 0 Å². The Hall–Kier alpha value is -2.48. The molecule has 156 valence electrons. The highest BCUT2D eigenvalue weighted by atomic mass is 19.1. The number of H-pyrrole nitrogens is 1. The van der Waals surface area contributed by atoms with E-state index in [1.54, 1.807) is 34.7 Å². The number of rotatable bonds is 2. The zero-order valence-electron chi connectivity index (χ0n) is 17.0. The molecular weight excluding hydrogens is 378 g/mol. The highest BCUT2D eigenvalue weighted by molar-refractivity contribution is 6.02. The van der Waals surface area contributed by atoms with Crippen molar-refractivity contribution in [3.05, 3.63) is 34.8 Å². The van der Waals surface area contributed by atoms with Crippen LogP contribution < -0.4 is 0 Å². The van der Waals surface area contributed by atoms with Crippen molar-refractivity contribution in [2.45, 2.75) is 32.5 Å². The van der Waals surface area contributed by atoms with Gasteiger partial charge in [-0.2, -0.15) is 0 Å². The zero-order valence-corrected chi connectivity index (χ0v) is 17.0. The average Bonchev–Trinajstić information content (AvgIpc) is 3.22. The van der Waals surface area contributed by atoms with E-state index in [9.17, 15) is 18.4 Å². The number of aromatic amines is 1. The second-order valence-electron chi connectivity index (χ2n) is 8.13. The van der Waals surface area contributed by atoms with Crippen LogP contribution in [0.5, 0.6) is 0 Å². The van der Waals surface area contributed by atoms with Crippen molar-refractivity contribution in [2.75, 3.05) is 39.8 Å². The Morgan fingerprint density at radius 1 is 1.07 bits per heavy atom. The van der Waals surface area contributed by atoms with Gasteiger partial charge in [-0.1, -0.05) is 0 Å². The third-order valence-corrected chi connectivity index (χ3v) is 6.28. The Labute approximate surface area is 168 Å². The van der Waals surface area contributed by atoms with E-state index < -0.39 is 12.2 Å². The first-order valence-corrected chi connectivity index (χ1v) is 9.97. The summed E-state index contributed by atoms with van der Waals surface area (Å²) in [7, 11) is 1.77. The Morgan fingerprint density at radius 2 is 1.72 bits per heavy atom. The van der Waals surface area contributed by atoms with E-state index in [0.717, 1.165) is 16.5 Å². The minimum absolute atomic E-state index is 0.0624. The summed E-state index contributed by atoms with van der Waals surface area (Å²) in [5.41, 5.74) is 2.47. The van der Waals surface area contributed by atoms with E-state index in [-0.39, 0.29) is 30.6 Å². The molecule has 0 saturated carbocycles. The molecule has 0 bridgehead atoms. The van der Waals surface area contributed by atoms with Gasteiger partial charge in [0.05, 0.1) is 6.04 Å². The van der Waals surface area contributed by atoms with Gasteiger partial charge in [0.25, 0.3) is 5.91 Å². The Morgan fingerprint density at radius 3 is 2.34 bits per heavy atom. The molecule has 8 heteroatoms. The first kappa shape index (κ1) is 19.8. The number of nitrogens with zero attached hydrogens (tertiary/aromatic N) is 3. The zero-order chi connectivity index (χ0) is 20.9. The molecule has 2 fully saturated rings. The molecule has 2 atom stereocenters. The van der Waals surface area contributed by atoms with Crippen LogP contribution in [-0.2, 0) is 4.79 Å². The SMILES string of the molecule is Cc1c(F)ccc2[nH]c(C(=O)N3CCN(C(=O)C4C[C@H](F)CN4C)CC3)c(C)c12. The second kappa shape index (κ2) is 7.40. The van der Waals surface area contributed by atoms with E-state index >= 15 is 0 Å². The fourth-order valence-electron chi connectivity index (χ4n) is 4.57. The number of likely N-dealkylation sites (tertiary alicyclic amines) is 1. The number of benzene rings is 1. The largest absolute Gasteiger partial charge is 0.350 e. The standard InChI is InChI=1S/C21H26F2N4O2/c1-12-15(23)4-5-16-18(12)13(2)19(24-16)21(29)27-8-6-26(7-9-27)20(28)17-10-14(22)11-25(17)3/h4-5,14,17,24H,6-11H2,1-3H3/t14-,17?/m0/s1. The number of nitrogens with one attached hydrogen (secondary N) is 1. The average molecular weight is 404 g/mol. The summed E-state index contributed by atoms with van der Waals surface area (Å²) in [5, 5.41) is 0.743. The molecule has 2 amide bonds. The normalized spacial score (nSPS) is 23.2.